The summed E-state index contributed by atoms with van der Waals surface area (Å²) < 4.78 is 10.2. The number of ether oxygens (including phenoxy) is 2. The lowest BCUT2D eigenvalue weighted by Gasteiger charge is -2.09. The van der Waals surface area contributed by atoms with Gasteiger partial charge in [-0.15, -0.1) is 0 Å². The number of nitrogens with one attached hydrogen (secondary N) is 1. The molecule has 5 nitrogen and oxygen atoms in total. The van der Waals surface area contributed by atoms with Gasteiger partial charge in [0, 0.05) is 6.08 Å². The number of fused-ring (bicyclic) bond motifs is 1. The Hall–Kier alpha value is -3.60. The lowest BCUT2D eigenvalue weighted by molar-refractivity contribution is -0.142. The molecule has 0 aliphatic heterocycles. The van der Waals surface area contributed by atoms with E-state index in [4.69, 9.17) is 9.47 Å². The summed E-state index contributed by atoms with van der Waals surface area (Å²) >= 11 is 0. The quantitative estimate of drug-likeness (QED) is 0.531. The van der Waals surface area contributed by atoms with Crippen molar-refractivity contribution in [2.24, 2.45) is 0 Å². The van der Waals surface area contributed by atoms with Crippen LogP contribution in [0.5, 0.6) is 5.75 Å². The smallest absolute Gasteiger partial charge is 0.331 e. The summed E-state index contributed by atoms with van der Waals surface area (Å²) in [5.41, 5.74) is 1.43. The fourth-order valence-corrected chi connectivity index (χ4v) is 2.67. The monoisotopic (exact) mass is 361 g/mol. The van der Waals surface area contributed by atoms with Crippen LogP contribution < -0.4 is 10.1 Å². The largest absolute Gasteiger partial charge is 0.495 e. The van der Waals surface area contributed by atoms with E-state index in [9.17, 15) is 9.59 Å². The first kappa shape index (κ1) is 18.2. The predicted octanol–water partition coefficient (Wildman–Crippen LogP) is 4.04. The molecule has 0 saturated carbocycles. The number of amides is 1. The molecule has 3 rings (SSSR count). The molecular formula is C22H19NO4. The fourth-order valence-electron chi connectivity index (χ4n) is 2.67. The topological polar surface area (TPSA) is 64.6 Å². The van der Waals surface area contributed by atoms with Crippen molar-refractivity contribution in [3.8, 4) is 5.75 Å². The van der Waals surface area contributed by atoms with Crippen LogP contribution in [0, 0.1) is 0 Å². The number of anilines is 1. The number of hydrogen-bond donors (Lipinski definition) is 1. The Balaban J connectivity index is 1.57. The molecule has 3 aromatic carbocycles. The summed E-state index contributed by atoms with van der Waals surface area (Å²) in [5.74, 6) is -0.488. The second kappa shape index (κ2) is 8.67. The van der Waals surface area contributed by atoms with Crippen molar-refractivity contribution in [2.75, 3.05) is 19.0 Å². The van der Waals surface area contributed by atoms with Crippen LogP contribution in [0.25, 0.3) is 16.8 Å². The lowest BCUT2D eigenvalue weighted by atomic mass is 10.0. The van der Waals surface area contributed by atoms with Crippen molar-refractivity contribution in [1.82, 2.24) is 0 Å². The van der Waals surface area contributed by atoms with E-state index in [0.717, 1.165) is 16.3 Å². The minimum atomic E-state index is -0.585. The average Bonchev–Trinajstić information content (AvgIpc) is 2.71. The predicted molar refractivity (Wildman–Crippen MR) is 106 cm³/mol. The average molecular weight is 361 g/mol. The molecule has 1 N–H and O–H groups in total. The van der Waals surface area contributed by atoms with Gasteiger partial charge in [0.25, 0.3) is 5.91 Å². The Morgan fingerprint density at radius 3 is 2.56 bits per heavy atom. The first-order chi connectivity index (χ1) is 13.2. The van der Waals surface area contributed by atoms with Crippen molar-refractivity contribution in [3.05, 3.63) is 78.4 Å². The molecule has 0 bridgehead atoms. The molecular weight excluding hydrogens is 342 g/mol. The van der Waals surface area contributed by atoms with E-state index in [-0.39, 0.29) is 6.61 Å². The summed E-state index contributed by atoms with van der Waals surface area (Å²) in [6, 6.07) is 20.8. The lowest BCUT2D eigenvalue weighted by Crippen LogP contribution is -2.20. The molecule has 0 aliphatic carbocycles. The maximum absolute atomic E-state index is 12.0. The summed E-state index contributed by atoms with van der Waals surface area (Å²) in [7, 11) is 1.52. The minimum Gasteiger partial charge on any atom is -0.495 e. The molecule has 0 aromatic heterocycles. The Morgan fingerprint density at radius 2 is 1.70 bits per heavy atom. The number of benzene rings is 3. The van der Waals surface area contributed by atoms with Gasteiger partial charge in [-0.1, -0.05) is 54.6 Å². The molecule has 5 heteroatoms. The minimum absolute atomic E-state index is 0.378. The summed E-state index contributed by atoms with van der Waals surface area (Å²) in [4.78, 5) is 23.9. The highest BCUT2D eigenvalue weighted by Crippen LogP contribution is 2.23. The number of esters is 1. The van der Waals surface area contributed by atoms with Crippen LogP contribution in [-0.4, -0.2) is 25.6 Å². The van der Waals surface area contributed by atoms with Crippen LogP contribution in [0.15, 0.2) is 72.8 Å². The van der Waals surface area contributed by atoms with Crippen LogP contribution in [0.4, 0.5) is 5.69 Å². The first-order valence-corrected chi connectivity index (χ1v) is 8.43. The van der Waals surface area contributed by atoms with E-state index in [0.29, 0.717) is 11.4 Å². The van der Waals surface area contributed by atoms with Gasteiger partial charge in [-0.2, -0.15) is 0 Å². The Bertz CT molecular complexity index is 989. The third-order valence-electron chi connectivity index (χ3n) is 3.95. The summed E-state index contributed by atoms with van der Waals surface area (Å²) in [5, 5.41) is 4.78. The molecule has 0 saturated heterocycles. The summed E-state index contributed by atoms with van der Waals surface area (Å²) in [6.07, 6.45) is 3.00. The van der Waals surface area contributed by atoms with Gasteiger partial charge in [-0.3, -0.25) is 4.79 Å². The number of rotatable bonds is 6. The maximum atomic E-state index is 12.0. The standard InChI is InChI=1S/C22H19NO4/c1-26-20-12-5-4-11-19(20)23-21(24)15-27-22(25)14-13-17-9-6-8-16-7-2-3-10-18(16)17/h2-14H,15H2,1H3,(H,23,24)/b14-13+. The van der Waals surface area contributed by atoms with Crippen LogP contribution in [-0.2, 0) is 14.3 Å². The Kier molecular flexibility index (Phi) is 5.84. The van der Waals surface area contributed by atoms with Gasteiger partial charge in [0.15, 0.2) is 6.61 Å². The molecule has 0 unspecified atom stereocenters. The highest BCUT2D eigenvalue weighted by atomic mass is 16.5. The van der Waals surface area contributed by atoms with Gasteiger partial charge in [-0.25, -0.2) is 4.79 Å². The van der Waals surface area contributed by atoms with E-state index in [1.165, 1.54) is 13.2 Å². The third kappa shape index (κ3) is 4.73. The first-order valence-electron chi connectivity index (χ1n) is 8.43. The van der Waals surface area contributed by atoms with Gasteiger partial charge in [0.1, 0.15) is 5.75 Å². The molecule has 0 aliphatic rings. The number of hydrogen-bond acceptors (Lipinski definition) is 4. The van der Waals surface area contributed by atoms with E-state index >= 15 is 0 Å². The van der Waals surface area contributed by atoms with Crippen molar-refractivity contribution in [1.29, 1.82) is 0 Å². The number of carbonyl (C=O) groups excluding carboxylic acids is 2. The van der Waals surface area contributed by atoms with Crippen molar-refractivity contribution < 1.29 is 19.1 Å². The maximum Gasteiger partial charge on any atom is 0.331 e. The molecule has 3 aromatic rings. The van der Waals surface area contributed by atoms with E-state index in [2.05, 4.69) is 5.32 Å². The molecule has 0 atom stereocenters. The second-order valence-electron chi connectivity index (χ2n) is 5.76. The number of carbonyl (C=O) groups is 2. The zero-order chi connectivity index (χ0) is 19.1. The Labute approximate surface area is 157 Å². The number of para-hydroxylation sites is 2. The second-order valence-corrected chi connectivity index (χ2v) is 5.76. The normalized spacial score (nSPS) is 10.7. The molecule has 0 fully saturated rings. The number of methoxy groups -OCH3 is 1. The Morgan fingerprint density at radius 1 is 0.963 bits per heavy atom. The highest BCUT2D eigenvalue weighted by Gasteiger charge is 2.09. The highest BCUT2D eigenvalue weighted by molar-refractivity contribution is 5.97. The van der Waals surface area contributed by atoms with E-state index in [1.807, 2.05) is 42.5 Å². The molecule has 27 heavy (non-hydrogen) atoms. The van der Waals surface area contributed by atoms with Crippen molar-refractivity contribution >= 4 is 34.4 Å². The molecule has 1 amide bonds. The van der Waals surface area contributed by atoms with Gasteiger partial charge in [0.05, 0.1) is 12.8 Å². The van der Waals surface area contributed by atoms with E-state index in [1.54, 1.807) is 30.3 Å². The van der Waals surface area contributed by atoms with Gasteiger partial charge in [-0.05, 0) is 34.5 Å². The van der Waals surface area contributed by atoms with Crippen LogP contribution >= 0.6 is 0 Å². The zero-order valence-corrected chi connectivity index (χ0v) is 14.8. The van der Waals surface area contributed by atoms with Crippen molar-refractivity contribution in [2.45, 2.75) is 0 Å². The van der Waals surface area contributed by atoms with Crippen LogP contribution in [0.1, 0.15) is 5.56 Å². The molecule has 136 valence electrons. The third-order valence-corrected chi connectivity index (χ3v) is 3.95. The summed E-state index contributed by atoms with van der Waals surface area (Å²) in [6.45, 7) is -0.378. The molecule has 0 spiro atoms. The van der Waals surface area contributed by atoms with Gasteiger partial charge >= 0.3 is 5.97 Å². The van der Waals surface area contributed by atoms with Crippen LogP contribution in [0.2, 0.25) is 0 Å². The molecule has 0 radical (unpaired) electrons. The zero-order valence-electron chi connectivity index (χ0n) is 14.8. The fraction of sp³-hybridized carbons (Fsp3) is 0.0909. The SMILES string of the molecule is COc1ccccc1NC(=O)COC(=O)/C=C/c1cccc2ccccc12. The molecule has 0 heterocycles. The van der Waals surface area contributed by atoms with Gasteiger partial charge < -0.3 is 14.8 Å². The van der Waals surface area contributed by atoms with Crippen LogP contribution in [0.3, 0.4) is 0 Å². The van der Waals surface area contributed by atoms with E-state index < -0.39 is 11.9 Å². The van der Waals surface area contributed by atoms with Gasteiger partial charge in [0.2, 0.25) is 0 Å². The van der Waals surface area contributed by atoms with Crippen molar-refractivity contribution in [3.63, 3.8) is 0 Å².